The van der Waals surface area contributed by atoms with Gasteiger partial charge in [-0.3, -0.25) is 9.59 Å². The molecule has 0 radical (unpaired) electrons. The van der Waals surface area contributed by atoms with Crippen molar-refractivity contribution in [1.29, 1.82) is 0 Å². The number of hydrogen-bond donors (Lipinski definition) is 4. The summed E-state index contributed by atoms with van der Waals surface area (Å²) in [6, 6.07) is -0.690. The highest BCUT2D eigenvalue weighted by molar-refractivity contribution is 5.89. The molecule has 0 unspecified atom stereocenters. The number of rotatable bonds is 12. The van der Waals surface area contributed by atoms with Crippen LogP contribution in [0.5, 0.6) is 0 Å². The molecule has 0 spiro atoms. The Balaban J connectivity index is 3.95. The summed E-state index contributed by atoms with van der Waals surface area (Å²) in [5, 5.41) is 23.6. The van der Waals surface area contributed by atoms with Crippen LogP contribution in [0, 0.1) is 5.41 Å². The maximum Gasteiger partial charge on any atom is 0.242 e. The molecule has 130 valence electrons. The van der Waals surface area contributed by atoms with Gasteiger partial charge in [-0.1, -0.05) is 39.0 Å². The van der Waals surface area contributed by atoms with Crippen LogP contribution in [0.15, 0.2) is 0 Å². The number of carbonyl (C=O) groups is 2. The monoisotopic (exact) mass is 316 g/mol. The summed E-state index contributed by atoms with van der Waals surface area (Å²) in [7, 11) is 0. The Kier molecular flexibility index (Phi) is 10.8. The molecule has 22 heavy (non-hydrogen) atoms. The number of nitrogens with one attached hydrogen (secondary N) is 2. The van der Waals surface area contributed by atoms with Gasteiger partial charge in [0.2, 0.25) is 11.8 Å². The first-order chi connectivity index (χ1) is 10.4. The zero-order valence-electron chi connectivity index (χ0n) is 14.2. The molecule has 4 N–H and O–H groups in total. The molecule has 0 aliphatic carbocycles. The van der Waals surface area contributed by atoms with Crippen LogP contribution < -0.4 is 10.6 Å². The number of aliphatic hydroxyl groups excluding tert-OH is 2. The average molecular weight is 316 g/mol. The van der Waals surface area contributed by atoms with Gasteiger partial charge in [0.1, 0.15) is 6.04 Å². The van der Waals surface area contributed by atoms with Crippen molar-refractivity contribution < 1.29 is 19.8 Å². The second-order valence-corrected chi connectivity index (χ2v) is 6.13. The smallest absolute Gasteiger partial charge is 0.242 e. The van der Waals surface area contributed by atoms with E-state index < -0.39 is 30.6 Å². The lowest BCUT2D eigenvalue weighted by Crippen LogP contribution is -2.51. The van der Waals surface area contributed by atoms with E-state index in [0.29, 0.717) is 6.54 Å². The van der Waals surface area contributed by atoms with E-state index in [1.54, 1.807) is 6.92 Å². The van der Waals surface area contributed by atoms with Crippen LogP contribution in [0.3, 0.4) is 0 Å². The molecular weight excluding hydrogens is 284 g/mol. The Morgan fingerprint density at radius 1 is 1.05 bits per heavy atom. The first-order valence-electron chi connectivity index (χ1n) is 8.21. The summed E-state index contributed by atoms with van der Waals surface area (Å²) < 4.78 is 0. The fourth-order valence-corrected chi connectivity index (χ4v) is 1.90. The summed E-state index contributed by atoms with van der Waals surface area (Å²) in [5.74, 6) is -0.778. The van der Waals surface area contributed by atoms with E-state index in [4.69, 9.17) is 10.2 Å². The lowest BCUT2D eigenvalue weighted by molar-refractivity contribution is -0.138. The Morgan fingerprint density at radius 2 is 1.59 bits per heavy atom. The highest BCUT2D eigenvalue weighted by Gasteiger charge is 2.33. The average Bonchev–Trinajstić information content (AvgIpc) is 2.52. The molecule has 0 aliphatic heterocycles. The molecule has 2 amide bonds. The minimum absolute atomic E-state index is 0.250. The summed E-state index contributed by atoms with van der Waals surface area (Å²) in [6.45, 7) is 4.87. The van der Waals surface area contributed by atoms with Crippen molar-refractivity contribution in [3.63, 3.8) is 0 Å². The van der Waals surface area contributed by atoms with Gasteiger partial charge in [0.05, 0.1) is 18.6 Å². The van der Waals surface area contributed by atoms with E-state index in [1.807, 2.05) is 0 Å². The minimum Gasteiger partial charge on any atom is -0.395 e. The number of unbranched alkanes of at least 4 members (excludes halogenated alkanes) is 5. The van der Waals surface area contributed by atoms with Gasteiger partial charge in [-0.15, -0.1) is 0 Å². The molecule has 1 atom stereocenters. The van der Waals surface area contributed by atoms with Crippen LogP contribution in [0.2, 0.25) is 0 Å². The van der Waals surface area contributed by atoms with E-state index in [9.17, 15) is 9.59 Å². The van der Waals surface area contributed by atoms with Gasteiger partial charge < -0.3 is 20.8 Å². The Hall–Kier alpha value is -1.14. The van der Waals surface area contributed by atoms with Gasteiger partial charge >= 0.3 is 0 Å². The SMILES string of the molecule is CCCCCCCCNC(=O)[C@H](C)NC(=O)C(C)(CO)CO. The predicted octanol–water partition coefficient (Wildman–Crippen LogP) is 0.959. The lowest BCUT2D eigenvalue weighted by atomic mass is 9.91. The van der Waals surface area contributed by atoms with Crippen molar-refractivity contribution in [1.82, 2.24) is 10.6 Å². The van der Waals surface area contributed by atoms with Crippen LogP contribution in [0.4, 0.5) is 0 Å². The molecule has 0 heterocycles. The second-order valence-electron chi connectivity index (χ2n) is 6.13. The van der Waals surface area contributed by atoms with Gasteiger partial charge in [-0.25, -0.2) is 0 Å². The number of amides is 2. The van der Waals surface area contributed by atoms with Gasteiger partial charge in [0.15, 0.2) is 0 Å². The third-order valence-corrected chi connectivity index (χ3v) is 3.82. The highest BCUT2D eigenvalue weighted by Crippen LogP contribution is 2.14. The predicted molar refractivity (Wildman–Crippen MR) is 86.3 cm³/mol. The number of hydrogen-bond acceptors (Lipinski definition) is 4. The van der Waals surface area contributed by atoms with Crippen molar-refractivity contribution >= 4 is 11.8 Å². The van der Waals surface area contributed by atoms with Crippen molar-refractivity contribution in [2.45, 2.75) is 65.3 Å². The fourth-order valence-electron chi connectivity index (χ4n) is 1.90. The molecule has 0 fully saturated rings. The van der Waals surface area contributed by atoms with E-state index >= 15 is 0 Å². The largest absolute Gasteiger partial charge is 0.395 e. The summed E-state index contributed by atoms with van der Waals surface area (Å²) in [5.41, 5.74) is -1.27. The first kappa shape index (κ1) is 20.9. The molecule has 0 aromatic carbocycles. The van der Waals surface area contributed by atoms with E-state index in [2.05, 4.69) is 17.6 Å². The minimum atomic E-state index is -1.27. The molecule has 0 aromatic heterocycles. The maximum absolute atomic E-state index is 11.9. The maximum atomic E-state index is 11.9. The zero-order chi connectivity index (χ0) is 17.0. The Morgan fingerprint density at radius 3 is 2.14 bits per heavy atom. The quantitative estimate of drug-likeness (QED) is 0.403. The van der Waals surface area contributed by atoms with Crippen LogP contribution in [0.25, 0.3) is 0 Å². The topological polar surface area (TPSA) is 98.7 Å². The normalized spacial score (nSPS) is 12.8. The van der Waals surface area contributed by atoms with E-state index in [-0.39, 0.29) is 5.91 Å². The van der Waals surface area contributed by atoms with Crippen molar-refractivity contribution in [2.24, 2.45) is 5.41 Å². The molecule has 0 aromatic rings. The molecule has 0 bridgehead atoms. The van der Waals surface area contributed by atoms with Gasteiger partial charge in [0, 0.05) is 6.54 Å². The first-order valence-corrected chi connectivity index (χ1v) is 8.21. The fraction of sp³-hybridized carbons (Fsp3) is 0.875. The van der Waals surface area contributed by atoms with Crippen LogP contribution in [-0.4, -0.2) is 47.8 Å². The Labute approximate surface area is 133 Å². The van der Waals surface area contributed by atoms with Gasteiger partial charge in [-0.2, -0.15) is 0 Å². The van der Waals surface area contributed by atoms with E-state index in [1.165, 1.54) is 32.6 Å². The summed E-state index contributed by atoms with van der Waals surface area (Å²) in [6.07, 6.45) is 6.91. The van der Waals surface area contributed by atoms with Gasteiger partial charge in [0.25, 0.3) is 0 Å². The molecule has 0 saturated carbocycles. The third-order valence-electron chi connectivity index (χ3n) is 3.82. The van der Waals surface area contributed by atoms with Crippen LogP contribution >= 0.6 is 0 Å². The van der Waals surface area contributed by atoms with E-state index in [0.717, 1.165) is 12.8 Å². The van der Waals surface area contributed by atoms with Gasteiger partial charge in [-0.05, 0) is 20.3 Å². The molecule has 0 saturated heterocycles. The lowest BCUT2D eigenvalue weighted by Gasteiger charge is -2.25. The Bertz CT molecular complexity index is 330. The molecule has 0 rings (SSSR count). The van der Waals surface area contributed by atoms with Crippen LogP contribution in [0.1, 0.15) is 59.3 Å². The standard InChI is InChI=1S/C16H32N2O4/c1-4-5-6-7-8-9-10-17-14(21)13(2)18-15(22)16(3,11-19)12-20/h13,19-20H,4-12H2,1-3H3,(H,17,21)(H,18,22)/t13-/m0/s1. The summed E-state index contributed by atoms with van der Waals surface area (Å²) in [4.78, 5) is 23.8. The molecule has 6 heteroatoms. The molecule has 6 nitrogen and oxygen atoms in total. The molecule has 0 aliphatic rings. The third kappa shape index (κ3) is 7.75. The van der Waals surface area contributed by atoms with Crippen molar-refractivity contribution in [3.05, 3.63) is 0 Å². The number of carbonyl (C=O) groups excluding carboxylic acids is 2. The highest BCUT2D eigenvalue weighted by atomic mass is 16.3. The van der Waals surface area contributed by atoms with Crippen molar-refractivity contribution in [2.75, 3.05) is 19.8 Å². The van der Waals surface area contributed by atoms with Crippen LogP contribution in [-0.2, 0) is 9.59 Å². The van der Waals surface area contributed by atoms with Crippen molar-refractivity contribution in [3.8, 4) is 0 Å². The molecular formula is C16H32N2O4. The summed E-state index contributed by atoms with van der Waals surface area (Å²) >= 11 is 0. The second kappa shape index (κ2) is 11.4. The zero-order valence-corrected chi connectivity index (χ0v) is 14.2. The number of aliphatic hydroxyl groups is 2.